The standard InChI is InChI=1S/C16H15N5O2S/c1-10-15(24-16(18-10)12-5-4-8-17-9-12)11(2)21-23-14-7-6-13(22-3)19-20-14/h4-9H,1-3H3. The number of oxime groups is 1. The van der Waals surface area contributed by atoms with Gasteiger partial charge in [0.1, 0.15) is 5.01 Å². The molecule has 122 valence electrons. The Labute approximate surface area is 143 Å². The second-order valence-corrected chi connectivity index (χ2v) is 5.86. The average molecular weight is 341 g/mol. The molecule has 3 rings (SSSR count). The molecule has 7 nitrogen and oxygen atoms in total. The maximum Gasteiger partial charge on any atom is 0.267 e. The number of pyridine rings is 1. The smallest absolute Gasteiger partial charge is 0.267 e. The Hall–Kier alpha value is -2.87. The van der Waals surface area contributed by atoms with E-state index in [1.807, 2.05) is 26.0 Å². The van der Waals surface area contributed by atoms with E-state index < -0.39 is 0 Å². The fraction of sp³-hybridized carbons (Fsp3) is 0.188. The molecule has 0 aromatic carbocycles. The average Bonchev–Trinajstić information content (AvgIpc) is 3.03. The Kier molecular flexibility index (Phi) is 4.76. The highest BCUT2D eigenvalue weighted by molar-refractivity contribution is 7.17. The van der Waals surface area contributed by atoms with E-state index in [0.717, 1.165) is 26.9 Å². The van der Waals surface area contributed by atoms with Gasteiger partial charge in [-0.1, -0.05) is 5.16 Å². The van der Waals surface area contributed by atoms with Crippen molar-refractivity contribution in [2.45, 2.75) is 13.8 Å². The van der Waals surface area contributed by atoms with Crippen LogP contribution in [-0.2, 0) is 0 Å². The van der Waals surface area contributed by atoms with Gasteiger partial charge >= 0.3 is 0 Å². The molecule has 3 aromatic heterocycles. The van der Waals surface area contributed by atoms with E-state index in [1.165, 1.54) is 7.11 Å². The summed E-state index contributed by atoms with van der Waals surface area (Å²) in [5, 5.41) is 12.7. The topological polar surface area (TPSA) is 82.4 Å². The van der Waals surface area contributed by atoms with Gasteiger partial charge < -0.3 is 9.57 Å². The Morgan fingerprint density at radius 2 is 1.96 bits per heavy atom. The highest BCUT2D eigenvalue weighted by atomic mass is 32.1. The van der Waals surface area contributed by atoms with Crippen LogP contribution < -0.4 is 9.57 Å². The Bertz CT molecular complexity index is 847. The number of thiazole rings is 1. The molecule has 0 N–H and O–H groups in total. The molecule has 3 heterocycles. The second-order valence-electron chi connectivity index (χ2n) is 4.86. The van der Waals surface area contributed by atoms with Gasteiger partial charge in [-0.3, -0.25) is 4.98 Å². The number of ether oxygens (including phenoxy) is 1. The minimum Gasteiger partial charge on any atom is -0.480 e. The minimum atomic E-state index is 0.296. The van der Waals surface area contributed by atoms with Gasteiger partial charge in [-0.2, -0.15) is 0 Å². The third-order valence-electron chi connectivity index (χ3n) is 3.13. The van der Waals surface area contributed by atoms with E-state index >= 15 is 0 Å². The van der Waals surface area contributed by atoms with Crippen LogP contribution in [0.3, 0.4) is 0 Å². The van der Waals surface area contributed by atoms with Gasteiger partial charge in [-0.05, 0) is 26.0 Å². The minimum absolute atomic E-state index is 0.296. The van der Waals surface area contributed by atoms with Crippen LogP contribution in [0.15, 0.2) is 41.8 Å². The monoisotopic (exact) mass is 341 g/mol. The van der Waals surface area contributed by atoms with Crippen LogP contribution in [0.25, 0.3) is 10.6 Å². The maximum atomic E-state index is 5.32. The predicted octanol–water partition coefficient (Wildman–Crippen LogP) is 3.12. The van der Waals surface area contributed by atoms with Crippen molar-refractivity contribution in [3.8, 4) is 22.3 Å². The molecule has 0 radical (unpaired) electrons. The summed E-state index contributed by atoms with van der Waals surface area (Å²) in [7, 11) is 1.53. The number of nitrogens with zero attached hydrogens (tertiary/aromatic N) is 5. The lowest BCUT2D eigenvalue weighted by Gasteiger charge is -2.00. The summed E-state index contributed by atoms with van der Waals surface area (Å²) < 4.78 is 4.95. The molecular formula is C16H15N5O2S. The number of methoxy groups -OCH3 is 1. The predicted molar refractivity (Wildman–Crippen MR) is 91.5 cm³/mol. The first kappa shape index (κ1) is 16.0. The molecule has 0 fully saturated rings. The van der Waals surface area contributed by atoms with Gasteiger partial charge in [0.05, 0.1) is 23.4 Å². The molecule has 0 aliphatic carbocycles. The second kappa shape index (κ2) is 7.14. The lowest BCUT2D eigenvalue weighted by molar-refractivity contribution is 0.317. The normalized spacial score (nSPS) is 11.4. The van der Waals surface area contributed by atoms with E-state index in [4.69, 9.17) is 9.57 Å². The van der Waals surface area contributed by atoms with Crippen LogP contribution in [-0.4, -0.2) is 33.0 Å². The summed E-state index contributed by atoms with van der Waals surface area (Å²) in [6.45, 7) is 3.81. The van der Waals surface area contributed by atoms with Gasteiger partial charge in [0.2, 0.25) is 5.88 Å². The summed E-state index contributed by atoms with van der Waals surface area (Å²) in [4.78, 5) is 15.0. The summed E-state index contributed by atoms with van der Waals surface area (Å²) >= 11 is 1.54. The third kappa shape index (κ3) is 3.54. The van der Waals surface area contributed by atoms with E-state index in [9.17, 15) is 0 Å². The zero-order valence-corrected chi connectivity index (χ0v) is 14.2. The number of hydrogen-bond acceptors (Lipinski definition) is 8. The first-order valence-electron chi connectivity index (χ1n) is 7.15. The first-order valence-corrected chi connectivity index (χ1v) is 7.96. The van der Waals surface area contributed by atoms with Crippen molar-refractivity contribution in [2.75, 3.05) is 7.11 Å². The van der Waals surface area contributed by atoms with Crippen LogP contribution in [0, 0.1) is 6.92 Å². The van der Waals surface area contributed by atoms with Gasteiger partial charge in [-0.15, -0.1) is 21.5 Å². The highest BCUT2D eigenvalue weighted by Gasteiger charge is 2.12. The molecule has 8 heteroatoms. The zero-order chi connectivity index (χ0) is 16.9. The van der Waals surface area contributed by atoms with Crippen LogP contribution in [0.4, 0.5) is 0 Å². The number of aromatic nitrogens is 4. The SMILES string of the molecule is COc1ccc(ON=C(C)c2sc(-c3cccnc3)nc2C)nn1. The van der Waals surface area contributed by atoms with Crippen molar-refractivity contribution in [1.29, 1.82) is 0 Å². The first-order chi connectivity index (χ1) is 11.7. The van der Waals surface area contributed by atoms with E-state index in [1.54, 1.807) is 35.9 Å². The zero-order valence-electron chi connectivity index (χ0n) is 13.4. The van der Waals surface area contributed by atoms with Crippen LogP contribution in [0.5, 0.6) is 11.8 Å². The summed E-state index contributed by atoms with van der Waals surface area (Å²) in [6.07, 6.45) is 3.53. The molecule has 0 spiro atoms. The molecule has 0 saturated heterocycles. The lowest BCUT2D eigenvalue weighted by Crippen LogP contribution is -1.99. The van der Waals surface area contributed by atoms with Gasteiger partial charge in [0.25, 0.3) is 5.88 Å². The fourth-order valence-corrected chi connectivity index (χ4v) is 2.96. The lowest BCUT2D eigenvalue weighted by atomic mass is 10.3. The third-order valence-corrected chi connectivity index (χ3v) is 4.45. The molecule has 0 saturated carbocycles. The van der Waals surface area contributed by atoms with Crippen molar-refractivity contribution in [1.82, 2.24) is 20.2 Å². The summed E-state index contributed by atoms with van der Waals surface area (Å²) in [6, 6.07) is 7.16. The van der Waals surface area contributed by atoms with E-state index in [2.05, 4.69) is 25.3 Å². The number of rotatable bonds is 5. The van der Waals surface area contributed by atoms with Crippen molar-refractivity contribution in [3.63, 3.8) is 0 Å². The molecule has 0 bridgehead atoms. The van der Waals surface area contributed by atoms with E-state index in [-0.39, 0.29) is 0 Å². The van der Waals surface area contributed by atoms with Crippen LogP contribution >= 0.6 is 11.3 Å². The molecule has 0 aliphatic rings. The van der Waals surface area contributed by atoms with Crippen LogP contribution in [0.1, 0.15) is 17.5 Å². The van der Waals surface area contributed by atoms with Gasteiger partial charge in [0, 0.05) is 30.1 Å². The Morgan fingerprint density at radius 3 is 2.62 bits per heavy atom. The van der Waals surface area contributed by atoms with Crippen molar-refractivity contribution in [2.24, 2.45) is 5.16 Å². The molecule has 0 unspecified atom stereocenters. The highest BCUT2D eigenvalue weighted by Crippen LogP contribution is 2.27. The largest absolute Gasteiger partial charge is 0.480 e. The fourth-order valence-electron chi connectivity index (χ4n) is 1.97. The molecule has 0 aliphatic heterocycles. The molecule has 0 amide bonds. The summed E-state index contributed by atoms with van der Waals surface area (Å²) in [5.74, 6) is 0.715. The maximum absolute atomic E-state index is 5.32. The van der Waals surface area contributed by atoms with Crippen molar-refractivity contribution < 1.29 is 9.57 Å². The van der Waals surface area contributed by atoms with Gasteiger partial charge in [-0.25, -0.2) is 4.98 Å². The van der Waals surface area contributed by atoms with Crippen LogP contribution in [0.2, 0.25) is 0 Å². The Balaban J connectivity index is 1.79. The number of aryl methyl sites for hydroxylation is 1. The quantitative estimate of drug-likeness (QED) is 0.524. The molecule has 24 heavy (non-hydrogen) atoms. The van der Waals surface area contributed by atoms with Crippen molar-refractivity contribution in [3.05, 3.63) is 47.2 Å². The van der Waals surface area contributed by atoms with E-state index in [0.29, 0.717) is 11.8 Å². The van der Waals surface area contributed by atoms with Crippen molar-refractivity contribution >= 4 is 17.0 Å². The van der Waals surface area contributed by atoms with Gasteiger partial charge in [0.15, 0.2) is 0 Å². The number of hydrogen-bond donors (Lipinski definition) is 0. The summed E-state index contributed by atoms with van der Waals surface area (Å²) in [5.41, 5.74) is 2.59. The Morgan fingerprint density at radius 1 is 1.17 bits per heavy atom. The molecule has 3 aromatic rings. The molecular weight excluding hydrogens is 326 g/mol. The molecule has 0 atom stereocenters.